The summed E-state index contributed by atoms with van der Waals surface area (Å²) in [6.07, 6.45) is 0. The van der Waals surface area contributed by atoms with Gasteiger partial charge in [-0.05, 0) is 35.0 Å². The minimum absolute atomic E-state index is 0.350. The Bertz CT molecular complexity index is 789. The molecule has 3 aromatic rings. The van der Waals surface area contributed by atoms with E-state index in [0.717, 1.165) is 18.9 Å². The predicted octanol–water partition coefficient (Wildman–Crippen LogP) is 1.27. The largest absolute Gasteiger partial charge is 0.367 e. The quantitative estimate of drug-likeness (QED) is 0.709. The van der Waals surface area contributed by atoms with Crippen LogP contribution in [0.1, 0.15) is 12.5 Å². The van der Waals surface area contributed by atoms with Crippen molar-refractivity contribution in [3.05, 3.63) is 48.0 Å². The van der Waals surface area contributed by atoms with Gasteiger partial charge in [-0.2, -0.15) is 0 Å². The zero-order valence-electron chi connectivity index (χ0n) is 12.3. The fraction of sp³-hybridized carbons (Fsp3) is 0.333. The first-order chi connectivity index (χ1) is 10.7. The number of hydrogen-bond donors (Lipinski definition) is 0. The summed E-state index contributed by atoms with van der Waals surface area (Å²) in [5.74, 6) is 0.852. The first-order valence-electron chi connectivity index (χ1n) is 7.24. The van der Waals surface area contributed by atoms with Crippen molar-refractivity contribution in [2.75, 3.05) is 24.6 Å². The summed E-state index contributed by atoms with van der Waals surface area (Å²) in [6, 6.07) is 14.1. The van der Waals surface area contributed by atoms with E-state index >= 15 is 0 Å². The predicted molar refractivity (Wildman–Crippen MR) is 80.5 cm³/mol. The highest BCUT2D eigenvalue weighted by molar-refractivity contribution is 5.45. The second-order valence-corrected chi connectivity index (χ2v) is 5.58. The molecule has 1 atom stereocenters. The lowest BCUT2D eigenvalue weighted by atomic mass is 9.94. The third-order valence-corrected chi connectivity index (χ3v) is 4.04. The number of fused-ring (bicyclic) bond motifs is 1. The average Bonchev–Trinajstić information content (AvgIpc) is 3.03. The van der Waals surface area contributed by atoms with E-state index in [4.69, 9.17) is 4.74 Å². The fourth-order valence-corrected chi connectivity index (χ4v) is 2.84. The third-order valence-electron chi connectivity index (χ3n) is 4.04. The van der Waals surface area contributed by atoms with Gasteiger partial charge >= 0.3 is 0 Å². The molecule has 3 heterocycles. The minimum atomic E-state index is -0.350. The van der Waals surface area contributed by atoms with Gasteiger partial charge in [0.05, 0.1) is 13.2 Å². The molecular weight excluding hydrogens is 280 g/mol. The normalized spacial score (nSPS) is 22.1. The second kappa shape index (κ2) is 5.03. The molecule has 0 N–H and O–H groups in total. The van der Waals surface area contributed by atoms with Crippen LogP contribution in [0.4, 0.5) is 5.82 Å². The molecular formula is C15H16N6O. The van der Waals surface area contributed by atoms with Crippen molar-refractivity contribution in [3.63, 3.8) is 0 Å². The van der Waals surface area contributed by atoms with Crippen LogP contribution in [-0.2, 0) is 10.3 Å². The molecule has 0 saturated carbocycles. The van der Waals surface area contributed by atoms with Gasteiger partial charge in [-0.25, -0.2) is 0 Å². The molecule has 7 nitrogen and oxygen atoms in total. The van der Waals surface area contributed by atoms with Crippen LogP contribution in [0.3, 0.4) is 0 Å². The Kier molecular flexibility index (Phi) is 3.00. The van der Waals surface area contributed by atoms with E-state index in [1.165, 1.54) is 10.2 Å². The number of nitrogens with zero attached hydrogens (tertiary/aromatic N) is 6. The first-order valence-corrected chi connectivity index (χ1v) is 7.24. The first kappa shape index (κ1) is 13.1. The van der Waals surface area contributed by atoms with Crippen molar-refractivity contribution in [3.8, 4) is 0 Å². The van der Waals surface area contributed by atoms with Crippen LogP contribution in [0.5, 0.6) is 0 Å². The van der Waals surface area contributed by atoms with Gasteiger partial charge in [-0.3, -0.25) is 0 Å². The monoisotopic (exact) mass is 296 g/mol. The molecule has 1 fully saturated rings. The Labute approximate surface area is 127 Å². The number of benzene rings is 1. The highest BCUT2D eigenvalue weighted by Gasteiger charge is 2.34. The van der Waals surface area contributed by atoms with Gasteiger partial charge in [0.15, 0.2) is 11.5 Å². The molecule has 4 rings (SSSR count). The van der Waals surface area contributed by atoms with Gasteiger partial charge in [-0.15, -0.1) is 14.8 Å². The van der Waals surface area contributed by atoms with Gasteiger partial charge in [-0.1, -0.05) is 30.3 Å². The van der Waals surface area contributed by atoms with Gasteiger partial charge in [0, 0.05) is 6.54 Å². The number of rotatable bonds is 2. The van der Waals surface area contributed by atoms with Crippen LogP contribution >= 0.6 is 0 Å². The van der Waals surface area contributed by atoms with E-state index in [0.29, 0.717) is 12.3 Å². The smallest absolute Gasteiger partial charge is 0.200 e. The maximum atomic E-state index is 6.06. The topological polar surface area (TPSA) is 68.4 Å². The van der Waals surface area contributed by atoms with Gasteiger partial charge < -0.3 is 9.64 Å². The molecule has 1 aliphatic rings. The number of anilines is 1. The summed E-state index contributed by atoms with van der Waals surface area (Å²) in [6.45, 7) is 4.30. The van der Waals surface area contributed by atoms with Crippen molar-refractivity contribution in [1.29, 1.82) is 0 Å². The van der Waals surface area contributed by atoms with Crippen LogP contribution in [0.15, 0.2) is 42.5 Å². The summed E-state index contributed by atoms with van der Waals surface area (Å²) >= 11 is 0. The lowest BCUT2D eigenvalue weighted by Gasteiger charge is -2.41. The summed E-state index contributed by atoms with van der Waals surface area (Å²) in [5.41, 5.74) is 1.46. The standard InChI is InChI=1S/C15H16N6O/c1-15(12-5-3-2-4-6-12)11-20(9-10-22-15)14-8-7-13-16-18-19-21(13)17-14/h2-8H,9-11H2,1H3. The molecule has 7 heteroatoms. The second-order valence-electron chi connectivity index (χ2n) is 5.58. The maximum absolute atomic E-state index is 6.06. The van der Waals surface area contributed by atoms with E-state index in [1.807, 2.05) is 30.3 Å². The third kappa shape index (κ3) is 2.19. The molecule has 0 spiro atoms. The minimum Gasteiger partial charge on any atom is -0.367 e. The van der Waals surface area contributed by atoms with Gasteiger partial charge in [0.25, 0.3) is 0 Å². The Morgan fingerprint density at radius 2 is 2.00 bits per heavy atom. The van der Waals surface area contributed by atoms with Crippen LogP contribution in [0.25, 0.3) is 5.65 Å². The van der Waals surface area contributed by atoms with Crippen LogP contribution < -0.4 is 4.90 Å². The highest BCUT2D eigenvalue weighted by Crippen LogP contribution is 2.30. The Balaban J connectivity index is 1.65. The Morgan fingerprint density at radius 3 is 2.86 bits per heavy atom. The molecule has 112 valence electrons. The van der Waals surface area contributed by atoms with Crippen LogP contribution in [0, 0.1) is 0 Å². The Hall–Kier alpha value is -2.54. The maximum Gasteiger partial charge on any atom is 0.200 e. The molecule has 2 aromatic heterocycles. The molecule has 1 aliphatic heterocycles. The molecule has 0 radical (unpaired) electrons. The van der Waals surface area contributed by atoms with Crippen LogP contribution in [-0.4, -0.2) is 45.0 Å². The van der Waals surface area contributed by atoms with Gasteiger partial charge in [0.1, 0.15) is 5.60 Å². The van der Waals surface area contributed by atoms with Gasteiger partial charge in [0.2, 0.25) is 0 Å². The Morgan fingerprint density at radius 1 is 1.14 bits per heavy atom. The zero-order valence-corrected chi connectivity index (χ0v) is 12.3. The van der Waals surface area contributed by atoms with E-state index in [2.05, 4.69) is 44.6 Å². The number of morpholine rings is 1. The lowest BCUT2D eigenvalue weighted by molar-refractivity contribution is -0.0468. The van der Waals surface area contributed by atoms with Crippen molar-refractivity contribution in [2.45, 2.75) is 12.5 Å². The number of tetrazole rings is 1. The van der Waals surface area contributed by atoms with E-state index in [9.17, 15) is 0 Å². The van der Waals surface area contributed by atoms with Crippen molar-refractivity contribution in [2.24, 2.45) is 0 Å². The summed E-state index contributed by atoms with van der Waals surface area (Å²) < 4.78 is 7.51. The van der Waals surface area contributed by atoms with E-state index < -0.39 is 0 Å². The molecule has 0 amide bonds. The molecule has 1 unspecified atom stereocenters. The van der Waals surface area contributed by atoms with Crippen molar-refractivity contribution in [1.82, 2.24) is 25.3 Å². The number of aromatic nitrogens is 5. The van der Waals surface area contributed by atoms with Crippen LogP contribution in [0.2, 0.25) is 0 Å². The molecule has 22 heavy (non-hydrogen) atoms. The molecule has 0 aliphatic carbocycles. The average molecular weight is 296 g/mol. The van der Waals surface area contributed by atoms with Crippen molar-refractivity contribution < 1.29 is 4.74 Å². The fourth-order valence-electron chi connectivity index (χ4n) is 2.84. The zero-order chi connectivity index (χ0) is 15.0. The number of ether oxygens (including phenoxy) is 1. The van der Waals surface area contributed by atoms with E-state index in [1.54, 1.807) is 0 Å². The molecule has 0 bridgehead atoms. The van der Waals surface area contributed by atoms with E-state index in [-0.39, 0.29) is 5.60 Å². The van der Waals surface area contributed by atoms with Crippen molar-refractivity contribution >= 4 is 11.5 Å². The summed E-state index contributed by atoms with van der Waals surface area (Å²) in [7, 11) is 0. The molecule has 1 saturated heterocycles. The summed E-state index contributed by atoms with van der Waals surface area (Å²) in [5, 5.41) is 15.8. The highest BCUT2D eigenvalue weighted by atomic mass is 16.5. The SMILES string of the molecule is CC1(c2ccccc2)CN(c2ccc3nnnn3n2)CCO1. The molecule has 1 aromatic carbocycles. The number of hydrogen-bond acceptors (Lipinski definition) is 6. The summed E-state index contributed by atoms with van der Waals surface area (Å²) in [4.78, 5) is 2.21. The lowest BCUT2D eigenvalue weighted by Crippen LogP contribution is -2.48.